The van der Waals surface area contributed by atoms with E-state index in [1.165, 1.54) is 4.90 Å². The Morgan fingerprint density at radius 1 is 1.15 bits per heavy atom. The lowest BCUT2D eigenvalue weighted by atomic mass is 10.0. The lowest BCUT2D eigenvalue weighted by molar-refractivity contribution is -0.140. The van der Waals surface area contributed by atoms with Gasteiger partial charge in [-0.25, -0.2) is 0 Å². The molecule has 1 saturated heterocycles. The van der Waals surface area contributed by atoms with Crippen molar-refractivity contribution in [1.82, 2.24) is 25.8 Å². The van der Waals surface area contributed by atoms with Gasteiger partial charge in [-0.2, -0.15) is 0 Å². The van der Waals surface area contributed by atoms with Gasteiger partial charge in [0.2, 0.25) is 23.6 Å². The van der Waals surface area contributed by atoms with Crippen LogP contribution in [0.4, 0.5) is 0 Å². The average molecular weight is 470 g/mol. The Kier molecular flexibility index (Phi) is 8.39. The van der Waals surface area contributed by atoms with E-state index < -0.39 is 23.9 Å². The van der Waals surface area contributed by atoms with E-state index in [1.807, 2.05) is 24.3 Å². The van der Waals surface area contributed by atoms with E-state index in [0.29, 0.717) is 25.7 Å². The number of aldehydes is 1. The van der Waals surface area contributed by atoms with Crippen LogP contribution in [0.5, 0.6) is 0 Å². The minimum absolute atomic E-state index is 0.164. The normalized spacial score (nSPS) is 16.3. The van der Waals surface area contributed by atoms with E-state index in [1.54, 1.807) is 20.0 Å². The van der Waals surface area contributed by atoms with Crippen molar-refractivity contribution in [2.75, 3.05) is 19.6 Å². The number of hydrogen-bond acceptors (Lipinski definition) is 5. The summed E-state index contributed by atoms with van der Waals surface area (Å²) in [4.78, 5) is 65.7. The Bertz CT molecular complexity index is 1060. The summed E-state index contributed by atoms with van der Waals surface area (Å²) in [5.74, 6) is -1.75. The molecular formula is C24H31N5O5. The maximum Gasteiger partial charge on any atom is 0.243 e. The van der Waals surface area contributed by atoms with Crippen LogP contribution in [0, 0.1) is 5.92 Å². The number of amides is 4. The second-order valence-electron chi connectivity index (χ2n) is 8.65. The lowest BCUT2D eigenvalue weighted by Gasteiger charge is -2.26. The molecule has 2 unspecified atom stereocenters. The van der Waals surface area contributed by atoms with Crippen LogP contribution in [-0.4, -0.2) is 71.5 Å². The zero-order chi connectivity index (χ0) is 24.7. The fraction of sp³-hybridized carbons (Fsp3) is 0.458. The average Bonchev–Trinajstić information content (AvgIpc) is 3.48. The molecule has 1 aliphatic heterocycles. The van der Waals surface area contributed by atoms with Crippen LogP contribution in [0.25, 0.3) is 10.9 Å². The smallest absolute Gasteiger partial charge is 0.243 e. The zero-order valence-corrected chi connectivity index (χ0v) is 19.4. The molecule has 1 aliphatic rings. The molecule has 1 aromatic heterocycles. The van der Waals surface area contributed by atoms with E-state index in [2.05, 4.69) is 20.9 Å². The quantitative estimate of drug-likeness (QED) is 0.370. The number of nitrogens with one attached hydrogen (secondary N) is 4. The number of fused-ring (bicyclic) bond motifs is 1. The van der Waals surface area contributed by atoms with Crippen LogP contribution in [-0.2, 0) is 30.4 Å². The number of carbonyl (C=O) groups is 5. The first-order chi connectivity index (χ1) is 16.3. The van der Waals surface area contributed by atoms with Crippen LogP contribution in [0.1, 0.15) is 32.3 Å². The molecule has 10 nitrogen and oxygen atoms in total. The third-order valence-corrected chi connectivity index (χ3v) is 5.91. The van der Waals surface area contributed by atoms with Crippen LogP contribution < -0.4 is 16.0 Å². The maximum atomic E-state index is 13.1. The third kappa shape index (κ3) is 6.00. The maximum absolute atomic E-state index is 13.1. The summed E-state index contributed by atoms with van der Waals surface area (Å²) in [5, 5.41) is 8.80. The van der Waals surface area contributed by atoms with Crippen molar-refractivity contribution in [3.63, 3.8) is 0 Å². The fourth-order valence-electron chi connectivity index (χ4n) is 4.07. The van der Waals surface area contributed by atoms with Crippen LogP contribution in [0.2, 0.25) is 0 Å². The highest BCUT2D eigenvalue weighted by Crippen LogP contribution is 2.21. The molecule has 2 aromatic rings. The van der Waals surface area contributed by atoms with Crippen molar-refractivity contribution in [2.24, 2.45) is 5.92 Å². The van der Waals surface area contributed by atoms with Crippen LogP contribution in [0.3, 0.4) is 0 Å². The minimum atomic E-state index is -0.926. The molecule has 2 atom stereocenters. The molecular weight excluding hydrogens is 438 g/mol. The van der Waals surface area contributed by atoms with Gasteiger partial charge >= 0.3 is 0 Å². The largest absolute Gasteiger partial charge is 0.361 e. The van der Waals surface area contributed by atoms with Gasteiger partial charge in [-0.15, -0.1) is 0 Å². The van der Waals surface area contributed by atoms with Gasteiger partial charge in [0.05, 0.1) is 13.1 Å². The van der Waals surface area contributed by atoms with Crippen molar-refractivity contribution >= 4 is 40.8 Å². The Labute approximate surface area is 197 Å². The predicted octanol–water partition coefficient (Wildman–Crippen LogP) is 0.274. The van der Waals surface area contributed by atoms with Gasteiger partial charge in [0.1, 0.15) is 18.4 Å². The van der Waals surface area contributed by atoms with Gasteiger partial charge < -0.3 is 30.6 Å². The molecule has 4 amide bonds. The summed E-state index contributed by atoms with van der Waals surface area (Å²) >= 11 is 0. The molecule has 0 radical (unpaired) electrons. The number of rotatable bonds is 10. The van der Waals surface area contributed by atoms with E-state index in [-0.39, 0.29) is 37.2 Å². The van der Waals surface area contributed by atoms with Crippen molar-refractivity contribution < 1.29 is 24.0 Å². The fourth-order valence-corrected chi connectivity index (χ4v) is 4.07. The second-order valence-corrected chi connectivity index (χ2v) is 8.65. The van der Waals surface area contributed by atoms with Gasteiger partial charge in [0.15, 0.2) is 0 Å². The Balaban J connectivity index is 1.71. The molecule has 1 fully saturated rings. The van der Waals surface area contributed by atoms with Gasteiger partial charge in [-0.1, -0.05) is 32.0 Å². The minimum Gasteiger partial charge on any atom is -0.361 e. The molecule has 10 heteroatoms. The number of aromatic nitrogens is 1. The monoisotopic (exact) mass is 469 g/mol. The summed E-state index contributed by atoms with van der Waals surface area (Å²) in [7, 11) is 0. The molecule has 0 bridgehead atoms. The van der Waals surface area contributed by atoms with Crippen molar-refractivity contribution in [3.8, 4) is 0 Å². The highest BCUT2D eigenvalue weighted by molar-refractivity contribution is 5.94. The summed E-state index contributed by atoms with van der Waals surface area (Å²) in [5.41, 5.74) is 1.75. The number of nitrogens with zero attached hydrogens (tertiary/aromatic N) is 1. The number of H-pyrrole nitrogens is 1. The number of carbonyl (C=O) groups excluding carboxylic acids is 5. The van der Waals surface area contributed by atoms with Crippen molar-refractivity contribution in [1.29, 1.82) is 0 Å². The molecule has 0 spiro atoms. The summed E-state index contributed by atoms with van der Waals surface area (Å²) in [6.45, 7) is 3.52. The lowest BCUT2D eigenvalue weighted by Crippen LogP contribution is -2.55. The van der Waals surface area contributed by atoms with Gasteiger partial charge in [-0.3, -0.25) is 19.2 Å². The molecule has 2 heterocycles. The first-order valence-electron chi connectivity index (χ1n) is 11.5. The Morgan fingerprint density at radius 3 is 2.65 bits per heavy atom. The van der Waals surface area contributed by atoms with Crippen molar-refractivity contribution in [3.05, 3.63) is 36.0 Å². The second kappa shape index (κ2) is 11.4. The van der Waals surface area contributed by atoms with Crippen molar-refractivity contribution in [2.45, 2.75) is 45.2 Å². The standard InChI is InChI=1S/C24H31N5O5/c1-15(2)22(32)27-14-21(31)29-10-5-8-20(29)24(34)28-19(23(33)25-9-11-30)12-16-13-26-18-7-4-3-6-17(16)18/h3-4,6-7,11,13,15,19-20,26H,5,8-10,12,14H2,1-2H3,(H,25,33)(H,27,32)(H,28,34). The van der Waals surface area contributed by atoms with Gasteiger partial charge in [0.25, 0.3) is 0 Å². The number of aromatic amines is 1. The van der Waals surface area contributed by atoms with Crippen LogP contribution >= 0.6 is 0 Å². The number of para-hydroxylation sites is 1. The molecule has 182 valence electrons. The van der Waals surface area contributed by atoms with Crippen LogP contribution in [0.15, 0.2) is 30.5 Å². The number of benzene rings is 1. The summed E-state index contributed by atoms with van der Waals surface area (Å²) < 4.78 is 0. The SMILES string of the molecule is CC(C)C(=O)NCC(=O)N1CCCC1C(=O)NC(Cc1c[nH]c2ccccc12)C(=O)NCC=O. The van der Waals surface area contributed by atoms with E-state index in [9.17, 15) is 24.0 Å². The summed E-state index contributed by atoms with van der Waals surface area (Å²) in [6, 6.07) is 5.97. The van der Waals surface area contributed by atoms with E-state index in [4.69, 9.17) is 0 Å². The highest BCUT2D eigenvalue weighted by atomic mass is 16.2. The third-order valence-electron chi connectivity index (χ3n) is 5.91. The molecule has 4 N–H and O–H groups in total. The number of likely N-dealkylation sites (tertiary alicyclic amines) is 1. The molecule has 34 heavy (non-hydrogen) atoms. The first kappa shape index (κ1) is 24.9. The Hall–Kier alpha value is -3.69. The van der Waals surface area contributed by atoms with Gasteiger partial charge in [-0.05, 0) is 24.5 Å². The summed E-state index contributed by atoms with van der Waals surface area (Å²) in [6.07, 6.45) is 3.69. The first-order valence-corrected chi connectivity index (χ1v) is 11.5. The highest BCUT2D eigenvalue weighted by Gasteiger charge is 2.36. The van der Waals surface area contributed by atoms with E-state index in [0.717, 1.165) is 16.5 Å². The predicted molar refractivity (Wildman–Crippen MR) is 126 cm³/mol. The van der Waals surface area contributed by atoms with Gasteiger partial charge in [0, 0.05) is 36.0 Å². The Morgan fingerprint density at radius 2 is 1.91 bits per heavy atom. The molecule has 3 rings (SSSR count). The zero-order valence-electron chi connectivity index (χ0n) is 19.4. The molecule has 1 aromatic carbocycles. The topological polar surface area (TPSA) is 140 Å². The van der Waals surface area contributed by atoms with E-state index >= 15 is 0 Å². The molecule has 0 saturated carbocycles. The number of hydrogen-bond donors (Lipinski definition) is 4. The molecule has 0 aliphatic carbocycles.